The van der Waals surface area contributed by atoms with Gasteiger partial charge in [-0.25, -0.2) is 0 Å². The summed E-state index contributed by atoms with van der Waals surface area (Å²) in [6.07, 6.45) is 3.79. The van der Waals surface area contributed by atoms with Crippen molar-refractivity contribution < 1.29 is 14.3 Å². The third-order valence-corrected chi connectivity index (χ3v) is 3.76. The minimum atomic E-state index is -0.209. The Labute approximate surface area is 140 Å². The summed E-state index contributed by atoms with van der Waals surface area (Å²) in [5.74, 6) is 0.301. The largest absolute Gasteiger partial charge is 0.491 e. The van der Waals surface area contributed by atoms with E-state index in [-0.39, 0.29) is 30.8 Å². The van der Waals surface area contributed by atoms with Gasteiger partial charge in [-0.2, -0.15) is 5.10 Å². The van der Waals surface area contributed by atoms with Crippen molar-refractivity contribution in [3.05, 3.63) is 42.7 Å². The Balaban J connectivity index is 1.65. The Hall–Kier alpha value is -2.83. The van der Waals surface area contributed by atoms with E-state index >= 15 is 0 Å². The predicted octanol–water partition coefficient (Wildman–Crippen LogP) is 1.20. The van der Waals surface area contributed by atoms with Crippen molar-refractivity contribution in [3.8, 4) is 5.75 Å². The first kappa shape index (κ1) is 16.0. The molecule has 3 rings (SSSR count). The van der Waals surface area contributed by atoms with Crippen LogP contribution in [-0.4, -0.2) is 40.8 Å². The zero-order valence-corrected chi connectivity index (χ0v) is 13.5. The van der Waals surface area contributed by atoms with Crippen LogP contribution in [0.3, 0.4) is 0 Å². The molecule has 1 aliphatic heterocycles. The summed E-state index contributed by atoms with van der Waals surface area (Å²) in [7, 11) is 0. The number of benzene rings is 1. The van der Waals surface area contributed by atoms with Gasteiger partial charge in [-0.3, -0.25) is 19.2 Å². The monoisotopic (exact) mass is 328 g/mol. The number of anilines is 1. The minimum Gasteiger partial charge on any atom is -0.491 e. The summed E-state index contributed by atoms with van der Waals surface area (Å²) in [4.78, 5) is 26.1. The van der Waals surface area contributed by atoms with E-state index in [0.29, 0.717) is 24.6 Å². The summed E-state index contributed by atoms with van der Waals surface area (Å²) in [6, 6.07) is 9.01. The average molecular weight is 328 g/mol. The van der Waals surface area contributed by atoms with Crippen molar-refractivity contribution >= 4 is 17.5 Å². The van der Waals surface area contributed by atoms with Gasteiger partial charge in [0.05, 0.1) is 25.3 Å². The number of carbonyl (C=O) groups excluding carboxylic acids is 2. The van der Waals surface area contributed by atoms with Gasteiger partial charge in [0.25, 0.3) is 0 Å². The highest BCUT2D eigenvalue weighted by Gasteiger charge is 2.25. The second-order valence-corrected chi connectivity index (χ2v) is 5.74. The highest BCUT2D eigenvalue weighted by atomic mass is 16.5. The van der Waals surface area contributed by atoms with Crippen LogP contribution in [0.2, 0.25) is 0 Å². The fraction of sp³-hybridized carbons (Fsp3) is 0.353. The van der Waals surface area contributed by atoms with E-state index in [2.05, 4.69) is 10.4 Å². The van der Waals surface area contributed by atoms with Gasteiger partial charge in [-0.05, 0) is 25.1 Å². The summed E-state index contributed by atoms with van der Waals surface area (Å²) < 4.78 is 7.33. The first-order valence-corrected chi connectivity index (χ1v) is 7.92. The number of para-hydroxylation sites is 2. The zero-order valence-electron chi connectivity index (χ0n) is 13.5. The number of nitrogens with zero attached hydrogens (tertiary/aromatic N) is 3. The lowest BCUT2D eigenvalue weighted by atomic mass is 10.2. The molecule has 24 heavy (non-hydrogen) atoms. The summed E-state index contributed by atoms with van der Waals surface area (Å²) >= 11 is 0. The quantitative estimate of drug-likeness (QED) is 0.895. The third kappa shape index (κ3) is 3.73. The highest BCUT2D eigenvalue weighted by Crippen LogP contribution is 2.30. The van der Waals surface area contributed by atoms with E-state index in [1.807, 2.05) is 31.3 Å². The van der Waals surface area contributed by atoms with Gasteiger partial charge in [0.1, 0.15) is 12.3 Å². The summed E-state index contributed by atoms with van der Waals surface area (Å²) in [5.41, 5.74) is 0.634. The first-order chi connectivity index (χ1) is 11.6. The molecule has 7 heteroatoms. The molecular formula is C17H20N4O3. The van der Waals surface area contributed by atoms with E-state index in [1.165, 1.54) is 4.90 Å². The Bertz CT molecular complexity index is 714. The Morgan fingerprint density at radius 1 is 1.38 bits per heavy atom. The number of nitrogens with one attached hydrogen (secondary N) is 1. The van der Waals surface area contributed by atoms with Crippen molar-refractivity contribution in [1.29, 1.82) is 0 Å². The molecule has 1 unspecified atom stereocenters. The van der Waals surface area contributed by atoms with E-state index in [1.54, 1.807) is 23.0 Å². The van der Waals surface area contributed by atoms with Gasteiger partial charge in [0.2, 0.25) is 11.8 Å². The molecular weight excluding hydrogens is 308 g/mol. The molecule has 7 nitrogen and oxygen atoms in total. The number of hydrogen-bond donors (Lipinski definition) is 1. The number of amides is 2. The van der Waals surface area contributed by atoms with Gasteiger partial charge < -0.3 is 10.1 Å². The van der Waals surface area contributed by atoms with Crippen LogP contribution in [0, 0.1) is 0 Å². The maximum Gasteiger partial charge on any atom is 0.240 e. The molecule has 0 radical (unpaired) electrons. The zero-order chi connectivity index (χ0) is 16.9. The lowest BCUT2D eigenvalue weighted by molar-refractivity contribution is -0.124. The number of hydrogen-bond acceptors (Lipinski definition) is 4. The standard InChI is InChI=1S/C17H20N4O3/c1-13(11-20-9-4-8-18-20)19-16(22)12-21-14-5-2-3-6-15(14)24-10-7-17(21)23/h2-6,8-9,13H,7,10-12H2,1H3,(H,19,22). The fourth-order valence-corrected chi connectivity index (χ4v) is 2.69. The summed E-state index contributed by atoms with van der Waals surface area (Å²) in [5, 5.41) is 7.02. The fourth-order valence-electron chi connectivity index (χ4n) is 2.69. The smallest absolute Gasteiger partial charge is 0.240 e. The molecule has 0 bridgehead atoms. The number of aromatic nitrogens is 2. The lowest BCUT2D eigenvalue weighted by Gasteiger charge is -2.22. The minimum absolute atomic E-state index is 0.0251. The second-order valence-electron chi connectivity index (χ2n) is 5.74. The van der Waals surface area contributed by atoms with Crippen LogP contribution < -0.4 is 15.0 Å². The number of ether oxygens (including phenoxy) is 1. The molecule has 1 aromatic carbocycles. The van der Waals surface area contributed by atoms with Crippen LogP contribution in [0.5, 0.6) is 5.75 Å². The van der Waals surface area contributed by atoms with Crippen LogP contribution in [0.25, 0.3) is 0 Å². The lowest BCUT2D eigenvalue weighted by Crippen LogP contribution is -2.44. The number of fused-ring (bicyclic) bond motifs is 1. The molecule has 1 aliphatic rings. The molecule has 126 valence electrons. The van der Waals surface area contributed by atoms with Gasteiger partial charge >= 0.3 is 0 Å². The van der Waals surface area contributed by atoms with Crippen molar-refractivity contribution in [2.45, 2.75) is 25.9 Å². The molecule has 0 fully saturated rings. The number of rotatable bonds is 5. The van der Waals surface area contributed by atoms with Crippen LogP contribution >= 0.6 is 0 Å². The molecule has 0 saturated heterocycles. The molecule has 2 aromatic rings. The molecule has 0 saturated carbocycles. The molecule has 0 aliphatic carbocycles. The Morgan fingerprint density at radius 2 is 2.21 bits per heavy atom. The van der Waals surface area contributed by atoms with Crippen molar-refractivity contribution in [2.75, 3.05) is 18.1 Å². The second kappa shape index (κ2) is 7.16. The van der Waals surface area contributed by atoms with Crippen molar-refractivity contribution in [2.24, 2.45) is 0 Å². The normalized spacial score (nSPS) is 15.2. The topological polar surface area (TPSA) is 76.5 Å². The highest BCUT2D eigenvalue weighted by molar-refractivity contribution is 6.00. The SMILES string of the molecule is CC(Cn1cccn1)NC(=O)CN1C(=O)CCOc2ccccc21. The maximum atomic E-state index is 12.3. The van der Waals surface area contributed by atoms with Crippen molar-refractivity contribution in [3.63, 3.8) is 0 Å². The van der Waals surface area contributed by atoms with Gasteiger partial charge in [-0.1, -0.05) is 12.1 Å². The van der Waals surface area contributed by atoms with E-state index in [4.69, 9.17) is 4.74 Å². The van der Waals surface area contributed by atoms with E-state index in [9.17, 15) is 9.59 Å². The van der Waals surface area contributed by atoms with E-state index in [0.717, 1.165) is 0 Å². The summed E-state index contributed by atoms with van der Waals surface area (Å²) in [6.45, 7) is 2.78. The average Bonchev–Trinajstić information content (AvgIpc) is 3.00. The molecule has 1 N–H and O–H groups in total. The molecule has 1 aromatic heterocycles. The molecule has 0 spiro atoms. The predicted molar refractivity (Wildman–Crippen MR) is 88.7 cm³/mol. The number of carbonyl (C=O) groups is 2. The van der Waals surface area contributed by atoms with Crippen LogP contribution in [0.4, 0.5) is 5.69 Å². The Morgan fingerprint density at radius 3 is 3.00 bits per heavy atom. The first-order valence-electron chi connectivity index (χ1n) is 7.92. The molecule has 2 amide bonds. The van der Waals surface area contributed by atoms with Gasteiger partial charge in [-0.15, -0.1) is 0 Å². The van der Waals surface area contributed by atoms with Crippen LogP contribution in [-0.2, 0) is 16.1 Å². The van der Waals surface area contributed by atoms with Crippen LogP contribution in [0.1, 0.15) is 13.3 Å². The molecule has 2 heterocycles. The molecule has 1 atom stereocenters. The maximum absolute atomic E-state index is 12.3. The van der Waals surface area contributed by atoms with E-state index < -0.39 is 0 Å². The Kier molecular flexibility index (Phi) is 4.79. The van der Waals surface area contributed by atoms with Crippen molar-refractivity contribution in [1.82, 2.24) is 15.1 Å². The van der Waals surface area contributed by atoms with Gasteiger partial charge in [0.15, 0.2) is 0 Å². The van der Waals surface area contributed by atoms with Crippen LogP contribution in [0.15, 0.2) is 42.7 Å². The third-order valence-electron chi connectivity index (χ3n) is 3.76. The van der Waals surface area contributed by atoms with Gasteiger partial charge in [0, 0.05) is 18.4 Å².